The molecule has 0 bridgehead atoms. The third-order valence-electron chi connectivity index (χ3n) is 2.68. The third kappa shape index (κ3) is 3.89. The zero-order chi connectivity index (χ0) is 11.3. The van der Waals surface area contributed by atoms with Crippen molar-refractivity contribution in [3.63, 3.8) is 0 Å². The quantitative estimate of drug-likeness (QED) is 0.200. The van der Waals surface area contributed by atoms with Crippen LogP contribution in [0.1, 0.15) is 25.7 Å². The molecule has 0 aromatic carbocycles. The molecule has 1 saturated carbocycles. The van der Waals surface area contributed by atoms with Gasteiger partial charge < -0.3 is 11.5 Å². The van der Waals surface area contributed by atoms with Crippen LogP contribution in [0.2, 0.25) is 0 Å². The van der Waals surface area contributed by atoms with Gasteiger partial charge in [0, 0.05) is 6.04 Å². The molecule has 5 nitrogen and oxygen atoms in total. The Hall–Kier alpha value is -1.07. The molecule has 15 heavy (non-hydrogen) atoms. The third-order valence-corrected chi connectivity index (χ3v) is 2.68. The Morgan fingerprint density at radius 2 is 2.00 bits per heavy atom. The molecule has 0 unspecified atom stereocenters. The summed E-state index contributed by atoms with van der Waals surface area (Å²) >= 11 is 0. The maximum Gasteiger partial charge on any atom is 0.206 e. The van der Waals surface area contributed by atoms with Gasteiger partial charge >= 0.3 is 0 Å². The zero-order valence-electron chi connectivity index (χ0n) is 9.10. The fourth-order valence-corrected chi connectivity index (χ4v) is 1.72. The van der Waals surface area contributed by atoms with Crippen LogP contribution >= 0.6 is 0 Å². The minimum absolute atomic E-state index is 0.278. The number of nitrogens with zero attached hydrogens (tertiary/aromatic N) is 2. The van der Waals surface area contributed by atoms with Gasteiger partial charge in [0.25, 0.3) is 0 Å². The molecule has 6 N–H and O–H groups in total. The first-order valence-electron chi connectivity index (χ1n) is 5.35. The maximum absolute atomic E-state index is 5.81. The molecule has 1 rings (SSSR count). The second kappa shape index (κ2) is 5.72. The molecule has 0 atom stereocenters. The van der Waals surface area contributed by atoms with Crippen molar-refractivity contribution in [2.45, 2.75) is 37.8 Å². The van der Waals surface area contributed by atoms with Crippen LogP contribution in [0.25, 0.3) is 0 Å². The molecule has 1 aliphatic rings. The monoisotopic (exact) mass is 211 g/mol. The molecule has 0 amide bonds. The van der Waals surface area contributed by atoms with Gasteiger partial charge in [-0.1, -0.05) is 6.08 Å². The molecule has 0 aromatic rings. The average molecular weight is 211 g/mol. The SMILES string of the molecule is C=CCN(N)C(N)=NC1CCC(N)CC1. The lowest BCUT2D eigenvalue weighted by molar-refractivity contribution is 0.388. The topological polar surface area (TPSA) is 93.7 Å². The molecular formula is C10H21N5. The molecule has 0 saturated heterocycles. The summed E-state index contributed by atoms with van der Waals surface area (Å²) in [5, 5.41) is 1.40. The summed E-state index contributed by atoms with van der Waals surface area (Å²) in [6, 6.07) is 0.612. The minimum Gasteiger partial charge on any atom is -0.369 e. The smallest absolute Gasteiger partial charge is 0.206 e. The van der Waals surface area contributed by atoms with Gasteiger partial charge in [-0.2, -0.15) is 0 Å². The Labute approximate surface area is 91.0 Å². The van der Waals surface area contributed by atoms with E-state index in [2.05, 4.69) is 11.6 Å². The summed E-state index contributed by atoms with van der Waals surface area (Å²) in [4.78, 5) is 4.38. The van der Waals surface area contributed by atoms with Crippen LogP contribution in [0.4, 0.5) is 0 Å². The summed E-state index contributed by atoms with van der Waals surface area (Å²) in [5.41, 5.74) is 11.5. The fraction of sp³-hybridized carbons (Fsp3) is 0.700. The van der Waals surface area contributed by atoms with Crippen molar-refractivity contribution in [3.05, 3.63) is 12.7 Å². The van der Waals surface area contributed by atoms with Crippen molar-refractivity contribution in [1.82, 2.24) is 5.01 Å². The van der Waals surface area contributed by atoms with Crippen LogP contribution in [-0.4, -0.2) is 29.6 Å². The highest BCUT2D eigenvalue weighted by Gasteiger charge is 2.18. The Morgan fingerprint density at radius 1 is 1.40 bits per heavy atom. The van der Waals surface area contributed by atoms with E-state index in [0.717, 1.165) is 25.7 Å². The van der Waals surface area contributed by atoms with E-state index < -0.39 is 0 Å². The lowest BCUT2D eigenvalue weighted by Crippen LogP contribution is -2.43. The predicted molar refractivity (Wildman–Crippen MR) is 62.9 cm³/mol. The molecule has 86 valence electrons. The van der Waals surface area contributed by atoms with Crippen LogP contribution < -0.4 is 17.3 Å². The van der Waals surface area contributed by atoms with Crippen molar-refractivity contribution in [2.75, 3.05) is 6.54 Å². The predicted octanol–water partition coefficient (Wildman–Crippen LogP) is -0.0673. The first kappa shape index (κ1) is 12.0. The zero-order valence-corrected chi connectivity index (χ0v) is 9.10. The van der Waals surface area contributed by atoms with E-state index >= 15 is 0 Å². The maximum atomic E-state index is 5.81. The van der Waals surface area contributed by atoms with E-state index in [1.807, 2.05) is 0 Å². The Balaban J connectivity index is 2.43. The number of nitrogens with two attached hydrogens (primary N) is 3. The van der Waals surface area contributed by atoms with E-state index in [1.54, 1.807) is 6.08 Å². The Bertz CT molecular complexity index is 230. The van der Waals surface area contributed by atoms with Crippen LogP contribution in [0.5, 0.6) is 0 Å². The van der Waals surface area contributed by atoms with Crippen molar-refractivity contribution < 1.29 is 0 Å². The molecule has 0 radical (unpaired) electrons. The van der Waals surface area contributed by atoms with Gasteiger partial charge in [0.2, 0.25) is 5.96 Å². The van der Waals surface area contributed by atoms with Gasteiger partial charge in [0.15, 0.2) is 0 Å². The molecule has 0 spiro atoms. The second-order valence-electron chi connectivity index (χ2n) is 4.00. The van der Waals surface area contributed by atoms with Crippen molar-refractivity contribution in [3.8, 4) is 0 Å². The highest BCUT2D eigenvalue weighted by Crippen LogP contribution is 2.19. The van der Waals surface area contributed by atoms with Crippen LogP contribution in [0, 0.1) is 0 Å². The summed E-state index contributed by atoms with van der Waals surface area (Å²) in [5.74, 6) is 6.04. The van der Waals surface area contributed by atoms with Gasteiger partial charge in [-0.15, -0.1) is 6.58 Å². The van der Waals surface area contributed by atoms with Gasteiger partial charge in [-0.05, 0) is 25.7 Å². The number of hydrogen-bond acceptors (Lipinski definition) is 3. The minimum atomic E-state index is 0.278. The fourth-order valence-electron chi connectivity index (χ4n) is 1.72. The first-order valence-corrected chi connectivity index (χ1v) is 5.35. The lowest BCUT2D eigenvalue weighted by Gasteiger charge is -2.24. The lowest BCUT2D eigenvalue weighted by atomic mass is 9.92. The van der Waals surface area contributed by atoms with Gasteiger partial charge in [0.05, 0.1) is 12.6 Å². The number of rotatable bonds is 3. The standard InChI is InChI=1S/C10H21N5/c1-2-7-15(13)10(12)14-9-5-3-8(11)4-6-9/h2,8-9H,1,3-7,11,13H2,(H2,12,14). The molecule has 1 aliphatic carbocycles. The van der Waals surface area contributed by atoms with E-state index in [9.17, 15) is 0 Å². The number of hydrazine groups is 1. The van der Waals surface area contributed by atoms with Crippen molar-refractivity contribution in [2.24, 2.45) is 22.3 Å². The largest absolute Gasteiger partial charge is 0.369 e. The van der Waals surface area contributed by atoms with Crippen molar-refractivity contribution in [1.29, 1.82) is 0 Å². The summed E-state index contributed by atoms with van der Waals surface area (Å²) in [6.45, 7) is 4.11. The van der Waals surface area contributed by atoms with E-state index in [1.165, 1.54) is 5.01 Å². The van der Waals surface area contributed by atoms with E-state index in [4.69, 9.17) is 17.3 Å². The van der Waals surface area contributed by atoms with Crippen LogP contribution in [0.15, 0.2) is 17.6 Å². The summed E-state index contributed by atoms with van der Waals surface area (Å²) in [7, 11) is 0. The molecule has 0 heterocycles. The molecule has 1 fully saturated rings. The van der Waals surface area contributed by atoms with E-state index in [-0.39, 0.29) is 6.04 Å². The first-order chi connectivity index (χ1) is 7.13. The van der Waals surface area contributed by atoms with Crippen molar-refractivity contribution >= 4 is 5.96 Å². The molecule has 0 aromatic heterocycles. The Kier molecular flexibility index (Phi) is 4.58. The second-order valence-corrected chi connectivity index (χ2v) is 4.00. The van der Waals surface area contributed by atoms with E-state index in [0.29, 0.717) is 18.5 Å². The number of hydrogen-bond donors (Lipinski definition) is 3. The normalized spacial score (nSPS) is 27.5. The highest BCUT2D eigenvalue weighted by atomic mass is 15.5. The average Bonchev–Trinajstić information content (AvgIpc) is 2.22. The van der Waals surface area contributed by atoms with Gasteiger partial charge in [0.1, 0.15) is 0 Å². The number of guanidine groups is 1. The van der Waals surface area contributed by atoms with Crippen LogP contribution in [-0.2, 0) is 0 Å². The van der Waals surface area contributed by atoms with Gasteiger partial charge in [-0.25, -0.2) is 10.8 Å². The Morgan fingerprint density at radius 3 is 2.53 bits per heavy atom. The number of aliphatic imine (C=N–C) groups is 1. The molecule has 0 aliphatic heterocycles. The summed E-state index contributed by atoms with van der Waals surface area (Å²) in [6.07, 6.45) is 5.74. The van der Waals surface area contributed by atoms with Crippen LogP contribution in [0.3, 0.4) is 0 Å². The molecule has 5 heteroatoms. The highest BCUT2D eigenvalue weighted by molar-refractivity contribution is 5.77. The summed E-state index contributed by atoms with van der Waals surface area (Å²) < 4.78 is 0. The molecular weight excluding hydrogens is 190 g/mol. The van der Waals surface area contributed by atoms with Gasteiger partial charge in [-0.3, -0.25) is 5.01 Å².